The maximum atomic E-state index is 12.8. The summed E-state index contributed by atoms with van der Waals surface area (Å²) in [5.41, 5.74) is -2.60. The van der Waals surface area contributed by atoms with Gasteiger partial charge in [0.2, 0.25) is 11.9 Å². The Bertz CT molecular complexity index is 1420. The van der Waals surface area contributed by atoms with Gasteiger partial charge in [0.05, 0.1) is 39.4 Å². The SMILES string of the molecule is CC(=O)OC[C@@]1(COCCOCCOCC=O)O[C@@H](n2cnc3c(=O)[nH]c(NC(=O)C(C)C)nc32)[C@H](OC(C)=O)[C@@H]1OC(C)=O. The lowest BCUT2D eigenvalue weighted by Crippen LogP contribution is -2.53. The molecule has 0 saturated carbocycles. The third-order valence-electron chi connectivity index (χ3n) is 6.32. The van der Waals surface area contributed by atoms with E-state index in [0.717, 1.165) is 13.8 Å². The van der Waals surface area contributed by atoms with Gasteiger partial charge >= 0.3 is 17.9 Å². The second kappa shape index (κ2) is 16.2. The van der Waals surface area contributed by atoms with Crippen molar-refractivity contribution in [3.05, 3.63) is 16.7 Å². The lowest BCUT2D eigenvalue weighted by atomic mass is 9.96. The zero-order valence-corrected chi connectivity index (χ0v) is 25.6. The molecule has 45 heavy (non-hydrogen) atoms. The van der Waals surface area contributed by atoms with Crippen LogP contribution in [-0.4, -0.2) is 114 Å². The average molecular weight is 640 g/mol. The third kappa shape index (κ3) is 9.37. The Kier molecular flexibility index (Phi) is 12.7. The fraction of sp³-hybridized carbons (Fsp3) is 0.630. The van der Waals surface area contributed by atoms with E-state index in [2.05, 4.69) is 20.3 Å². The van der Waals surface area contributed by atoms with Crippen LogP contribution >= 0.6 is 0 Å². The molecule has 3 rings (SSSR count). The number of hydrogen-bond acceptors (Lipinski definition) is 15. The number of H-pyrrole nitrogens is 1. The molecule has 4 atom stereocenters. The van der Waals surface area contributed by atoms with Crippen molar-refractivity contribution in [3.8, 4) is 0 Å². The molecule has 1 amide bonds. The Labute approximate surface area is 257 Å². The standard InChI is InChI=1S/C27H37N5O13/c1-15(2)23(37)30-26-29-22-19(24(38)31-26)28-14-32(22)25-20(43-17(4)35)21(44-18(5)36)27(45-25,13-42-16(3)34)12-41-11-10-40-9-8-39-7-6-33/h6,14-15,20-21,25H,7-13H2,1-5H3,(H2,29,30,31,37,38)/t20-,21+,25-,27-/m1/s1. The van der Waals surface area contributed by atoms with Crippen LogP contribution in [0.1, 0.15) is 40.8 Å². The number of nitrogens with zero attached hydrogens (tertiary/aromatic N) is 3. The molecule has 248 valence electrons. The number of nitrogens with one attached hydrogen (secondary N) is 2. The minimum Gasteiger partial charge on any atom is -0.463 e. The normalized spacial score (nSPS) is 21.1. The summed E-state index contributed by atoms with van der Waals surface area (Å²) in [6.07, 6.45) is -2.27. The molecule has 1 aliphatic heterocycles. The summed E-state index contributed by atoms with van der Waals surface area (Å²) in [7, 11) is 0. The van der Waals surface area contributed by atoms with Gasteiger partial charge in [-0.3, -0.25) is 38.8 Å². The average Bonchev–Trinajstić information content (AvgIpc) is 3.50. The highest BCUT2D eigenvalue weighted by Crippen LogP contribution is 2.42. The molecule has 2 aromatic heterocycles. The summed E-state index contributed by atoms with van der Waals surface area (Å²) in [4.78, 5) is 82.8. The lowest BCUT2D eigenvalue weighted by Gasteiger charge is -2.33. The van der Waals surface area contributed by atoms with Crippen LogP contribution in [0, 0.1) is 5.92 Å². The van der Waals surface area contributed by atoms with Crippen molar-refractivity contribution in [2.45, 2.75) is 58.7 Å². The van der Waals surface area contributed by atoms with Crippen molar-refractivity contribution < 1.29 is 57.1 Å². The van der Waals surface area contributed by atoms with Gasteiger partial charge in [-0.15, -0.1) is 0 Å². The van der Waals surface area contributed by atoms with Crippen LogP contribution in [0.25, 0.3) is 11.2 Å². The van der Waals surface area contributed by atoms with E-state index in [4.69, 9.17) is 33.2 Å². The molecule has 1 fully saturated rings. The molecule has 0 unspecified atom stereocenters. The zero-order valence-electron chi connectivity index (χ0n) is 25.6. The quantitative estimate of drug-likeness (QED) is 0.0977. The molecule has 18 nitrogen and oxygen atoms in total. The molecule has 1 saturated heterocycles. The topological polar surface area (TPSA) is 226 Å². The number of esters is 3. The molecule has 2 aromatic rings. The third-order valence-corrected chi connectivity index (χ3v) is 6.32. The number of rotatable bonds is 17. The maximum Gasteiger partial charge on any atom is 0.303 e. The van der Waals surface area contributed by atoms with Crippen LogP contribution < -0.4 is 10.9 Å². The molecule has 0 radical (unpaired) electrons. The zero-order chi connectivity index (χ0) is 33.1. The van der Waals surface area contributed by atoms with Gasteiger partial charge in [0.25, 0.3) is 5.56 Å². The first-order valence-corrected chi connectivity index (χ1v) is 14.0. The first-order valence-electron chi connectivity index (χ1n) is 14.0. The van der Waals surface area contributed by atoms with Crippen molar-refractivity contribution in [2.24, 2.45) is 5.92 Å². The largest absolute Gasteiger partial charge is 0.463 e. The Morgan fingerprint density at radius 3 is 2.31 bits per heavy atom. The van der Waals surface area contributed by atoms with Crippen molar-refractivity contribution in [3.63, 3.8) is 0 Å². The minimum atomic E-state index is -1.73. The van der Waals surface area contributed by atoms with E-state index in [9.17, 15) is 28.8 Å². The van der Waals surface area contributed by atoms with E-state index >= 15 is 0 Å². The number of amides is 1. The Balaban J connectivity index is 1.99. The van der Waals surface area contributed by atoms with E-state index in [1.807, 2.05) is 0 Å². The van der Waals surface area contributed by atoms with Crippen LogP contribution in [0.15, 0.2) is 11.1 Å². The van der Waals surface area contributed by atoms with Gasteiger partial charge in [-0.1, -0.05) is 13.8 Å². The lowest BCUT2D eigenvalue weighted by molar-refractivity contribution is -0.191. The molecular weight excluding hydrogens is 602 g/mol. The number of aromatic nitrogens is 4. The summed E-state index contributed by atoms with van der Waals surface area (Å²) in [6.45, 7) is 6.36. The number of aldehydes is 1. The molecule has 0 aromatic carbocycles. The molecular formula is C27H37N5O13. The van der Waals surface area contributed by atoms with Crippen molar-refractivity contribution in [2.75, 3.05) is 51.6 Å². The number of ether oxygens (including phenoxy) is 7. The van der Waals surface area contributed by atoms with Gasteiger partial charge < -0.3 is 38.0 Å². The highest BCUT2D eigenvalue weighted by atomic mass is 16.7. The van der Waals surface area contributed by atoms with Crippen LogP contribution in [0.4, 0.5) is 5.95 Å². The highest BCUT2D eigenvalue weighted by Gasteiger charge is 2.61. The first-order chi connectivity index (χ1) is 21.4. The number of carbonyl (C=O) groups excluding carboxylic acids is 5. The molecule has 0 bridgehead atoms. The van der Waals surface area contributed by atoms with Gasteiger partial charge in [-0.25, -0.2) is 4.98 Å². The van der Waals surface area contributed by atoms with Gasteiger partial charge in [0.1, 0.15) is 19.5 Å². The van der Waals surface area contributed by atoms with Crippen molar-refractivity contribution in [1.82, 2.24) is 19.5 Å². The molecule has 1 aliphatic rings. The predicted octanol–water partition coefficient (Wildman–Crippen LogP) is -0.343. The van der Waals surface area contributed by atoms with Crippen molar-refractivity contribution in [1.29, 1.82) is 0 Å². The number of carbonyl (C=O) groups is 5. The molecule has 0 aliphatic carbocycles. The fourth-order valence-corrected chi connectivity index (χ4v) is 4.35. The molecule has 3 heterocycles. The maximum absolute atomic E-state index is 12.8. The van der Waals surface area contributed by atoms with E-state index in [1.165, 1.54) is 17.8 Å². The number of anilines is 1. The van der Waals surface area contributed by atoms with Crippen LogP contribution in [-0.2, 0) is 57.1 Å². The van der Waals surface area contributed by atoms with Crippen molar-refractivity contribution >= 4 is 47.2 Å². The first kappa shape index (κ1) is 35.2. The summed E-state index contributed by atoms with van der Waals surface area (Å²) < 4.78 is 40.3. The second-order valence-corrected chi connectivity index (χ2v) is 10.2. The van der Waals surface area contributed by atoms with Crippen LogP contribution in [0.2, 0.25) is 0 Å². The number of fused-ring (bicyclic) bond motifs is 1. The van der Waals surface area contributed by atoms with E-state index in [0.29, 0.717) is 6.29 Å². The molecule has 0 spiro atoms. The Morgan fingerprint density at radius 2 is 1.69 bits per heavy atom. The second-order valence-electron chi connectivity index (χ2n) is 10.2. The Morgan fingerprint density at radius 1 is 1.02 bits per heavy atom. The van der Waals surface area contributed by atoms with Gasteiger partial charge in [0.15, 0.2) is 35.2 Å². The van der Waals surface area contributed by atoms with E-state index < -0.39 is 65.9 Å². The van der Waals surface area contributed by atoms with Gasteiger partial charge in [-0.05, 0) is 0 Å². The summed E-state index contributed by atoms with van der Waals surface area (Å²) in [6, 6.07) is 0. The predicted molar refractivity (Wildman–Crippen MR) is 151 cm³/mol. The number of aromatic amines is 1. The number of imidazole rings is 1. The van der Waals surface area contributed by atoms with E-state index in [1.54, 1.807) is 13.8 Å². The summed E-state index contributed by atoms with van der Waals surface area (Å²) >= 11 is 0. The highest BCUT2D eigenvalue weighted by molar-refractivity contribution is 5.91. The van der Waals surface area contributed by atoms with Crippen LogP contribution in [0.3, 0.4) is 0 Å². The Hall–Kier alpha value is -4.26. The van der Waals surface area contributed by atoms with Gasteiger partial charge in [-0.2, -0.15) is 4.98 Å². The number of hydrogen-bond donors (Lipinski definition) is 2. The monoisotopic (exact) mass is 639 g/mol. The minimum absolute atomic E-state index is 0.0123. The summed E-state index contributed by atoms with van der Waals surface area (Å²) in [5.74, 6) is -3.22. The fourth-order valence-electron chi connectivity index (χ4n) is 4.35. The molecule has 2 N–H and O–H groups in total. The summed E-state index contributed by atoms with van der Waals surface area (Å²) in [5, 5.41) is 2.51. The van der Waals surface area contributed by atoms with Crippen LogP contribution in [0.5, 0.6) is 0 Å². The van der Waals surface area contributed by atoms with Gasteiger partial charge in [0, 0.05) is 26.7 Å². The smallest absolute Gasteiger partial charge is 0.303 e. The van der Waals surface area contributed by atoms with E-state index in [-0.39, 0.29) is 56.8 Å². The molecule has 18 heteroatoms.